The van der Waals surface area contributed by atoms with Crippen molar-refractivity contribution in [3.8, 4) is 0 Å². The molecule has 0 spiro atoms. The minimum Gasteiger partial charge on any atom is -0.379 e. The quantitative estimate of drug-likeness (QED) is 0.120. The Balaban J connectivity index is 4.59. The summed E-state index contributed by atoms with van der Waals surface area (Å²) in [6, 6.07) is -1.72. The van der Waals surface area contributed by atoms with Crippen molar-refractivity contribution in [3.63, 3.8) is 0 Å². The standard InChI is InChI=1S/C27H51N5O6S/c1-18(2)21(23(35)31-19(22(34)27(6,7)8)10-9-12-29-24(28)36)32-25(39)30-13-15-38-17-16-37-14-11-20(33)26(3,4)5/h18-19,21H,9-17H2,1-8H3,(H,31,35)(H3,28,29,36)(H2,30,32,39)/p+1. The molecule has 0 aliphatic rings. The molecule has 0 fully saturated rings. The van der Waals surface area contributed by atoms with Gasteiger partial charge in [0.2, 0.25) is 5.91 Å². The number of ketones is 2. The fourth-order valence-electron chi connectivity index (χ4n) is 3.41. The zero-order chi connectivity index (χ0) is 30.2. The summed E-state index contributed by atoms with van der Waals surface area (Å²) in [4.78, 5) is 49.0. The zero-order valence-corrected chi connectivity index (χ0v) is 26.0. The van der Waals surface area contributed by atoms with Crippen molar-refractivity contribution in [1.29, 1.82) is 0 Å². The number of Topliss-reactive ketones (excluding diaryl/α,β-unsaturated/α-hetero) is 2. The molecule has 0 aromatic heterocycles. The molecule has 2 unspecified atom stereocenters. The number of amides is 3. The monoisotopic (exact) mass is 574 g/mol. The van der Waals surface area contributed by atoms with Crippen LogP contribution >= 0.6 is 12.2 Å². The third-order valence-corrected chi connectivity index (χ3v) is 6.08. The fraction of sp³-hybridized carbons (Fsp3) is 0.815. The number of hydrogen-bond donors (Lipinski definition) is 5. The van der Waals surface area contributed by atoms with Crippen LogP contribution in [0.2, 0.25) is 0 Å². The molecule has 0 bridgehead atoms. The van der Waals surface area contributed by atoms with E-state index in [1.54, 1.807) is 0 Å². The Hall–Kier alpha value is -2.15. The summed E-state index contributed by atoms with van der Waals surface area (Å²) in [6.07, 6.45) is 1.30. The Morgan fingerprint density at radius 3 is 1.92 bits per heavy atom. The molecule has 0 aromatic rings. The first kappa shape index (κ1) is 36.8. The number of carbonyl (C=O) groups excluding carboxylic acids is 4. The topological polar surface area (TPSA) is 162 Å². The van der Waals surface area contributed by atoms with E-state index in [1.165, 1.54) is 0 Å². The fourth-order valence-corrected chi connectivity index (χ4v) is 3.64. The second kappa shape index (κ2) is 18.2. The van der Waals surface area contributed by atoms with Crippen molar-refractivity contribution in [1.82, 2.24) is 21.3 Å². The molecule has 0 aliphatic heterocycles. The van der Waals surface area contributed by atoms with Crippen molar-refractivity contribution in [2.45, 2.75) is 86.7 Å². The van der Waals surface area contributed by atoms with Crippen LogP contribution in [0, 0.1) is 16.7 Å². The molecular formula is C27H52N5O6S+. The minimum atomic E-state index is -0.689. The van der Waals surface area contributed by atoms with Crippen LogP contribution in [0.4, 0.5) is 4.79 Å². The molecule has 12 heteroatoms. The maximum absolute atomic E-state index is 13.1. The molecule has 39 heavy (non-hydrogen) atoms. The molecule has 0 heterocycles. The van der Waals surface area contributed by atoms with Crippen molar-refractivity contribution in [2.24, 2.45) is 16.7 Å². The maximum atomic E-state index is 13.1. The molecule has 0 saturated carbocycles. The van der Waals surface area contributed by atoms with E-state index in [1.807, 2.05) is 55.4 Å². The van der Waals surface area contributed by atoms with Gasteiger partial charge in [0.05, 0.1) is 32.5 Å². The Morgan fingerprint density at radius 1 is 0.821 bits per heavy atom. The lowest BCUT2D eigenvalue weighted by atomic mass is 9.84. The van der Waals surface area contributed by atoms with Gasteiger partial charge in [-0.1, -0.05) is 55.4 Å². The van der Waals surface area contributed by atoms with Crippen LogP contribution in [0.3, 0.4) is 0 Å². The van der Waals surface area contributed by atoms with Gasteiger partial charge in [-0.25, -0.2) is 4.79 Å². The van der Waals surface area contributed by atoms with Gasteiger partial charge in [0.1, 0.15) is 11.8 Å². The molecule has 11 nitrogen and oxygen atoms in total. The van der Waals surface area contributed by atoms with E-state index in [0.717, 1.165) is 0 Å². The molecule has 226 valence electrons. The summed E-state index contributed by atoms with van der Waals surface area (Å²) in [5.41, 5.74) is 2.28. The lowest BCUT2D eigenvalue weighted by Crippen LogP contribution is -2.63. The number of rotatable bonds is 18. The zero-order valence-electron chi connectivity index (χ0n) is 25.2. The van der Waals surface area contributed by atoms with E-state index in [4.69, 9.17) is 21.7 Å². The summed E-state index contributed by atoms with van der Waals surface area (Å²) in [7, 11) is 0. The van der Waals surface area contributed by atoms with Crippen molar-refractivity contribution in [2.75, 3.05) is 39.5 Å². The summed E-state index contributed by atoms with van der Waals surface area (Å²) >= 11 is 5.37. The Labute approximate surface area is 239 Å². The third kappa shape index (κ3) is 17.2. The van der Waals surface area contributed by atoms with Gasteiger partial charge in [-0.05, 0) is 31.0 Å². The maximum Gasteiger partial charge on any atom is 0.411 e. The minimum absolute atomic E-state index is 0.0815. The largest absolute Gasteiger partial charge is 0.411 e. The third-order valence-electron chi connectivity index (χ3n) is 5.81. The number of quaternary nitrogens is 1. The predicted octanol–water partition coefficient (Wildman–Crippen LogP) is 1.35. The number of urea groups is 1. The second-order valence-corrected chi connectivity index (χ2v) is 12.3. The lowest BCUT2D eigenvalue weighted by Gasteiger charge is -2.29. The molecule has 7 N–H and O–H groups in total. The van der Waals surface area contributed by atoms with Crippen LogP contribution in [-0.4, -0.2) is 80.2 Å². The number of hydrogen-bond acceptors (Lipinski definition) is 7. The van der Waals surface area contributed by atoms with Crippen LogP contribution in [0.5, 0.6) is 0 Å². The van der Waals surface area contributed by atoms with Gasteiger partial charge in [-0.15, -0.1) is 0 Å². The highest BCUT2D eigenvalue weighted by Crippen LogP contribution is 2.19. The van der Waals surface area contributed by atoms with E-state index in [9.17, 15) is 19.2 Å². The van der Waals surface area contributed by atoms with Crippen LogP contribution in [-0.2, 0) is 23.9 Å². The number of thiocarbonyl (C=S) groups is 1. The first-order valence-electron chi connectivity index (χ1n) is 13.6. The van der Waals surface area contributed by atoms with Crippen molar-refractivity contribution in [3.05, 3.63) is 0 Å². The van der Waals surface area contributed by atoms with Gasteiger partial charge in [-0.3, -0.25) is 20.1 Å². The first-order valence-corrected chi connectivity index (χ1v) is 14.0. The van der Waals surface area contributed by atoms with Crippen LogP contribution in [0.25, 0.3) is 0 Å². The SMILES string of the molecule is CC(C)C(NC(=S)NCCOCCOCCC(=O)C(C)(C)C)C(=O)NC(CCCNC([NH3+])=O)C(=O)C(C)(C)C. The highest BCUT2D eigenvalue weighted by Gasteiger charge is 2.33. The molecular weight excluding hydrogens is 522 g/mol. The van der Waals surface area contributed by atoms with Gasteiger partial charge >= 0.3 is 6.03 Å². The van der Waals surface area contributed by atoms with Gasteiger partial charge in [0.15, 0.2) is 10.9 Å². The van der Waals surface area contributed by atoms with E-state index in [-0.39, 0.29) is 34.8 Å². The Bertz CT molecular complexity index is 807. The Morgan fingerprint density at radius 2 is 1.41 bits per heavy atom. The molecule has 0 aromatic carbocycles. The second-order valence-electron chi connectivity index (χ2n) is 11.9. The van der Waals surface area contributed by atoms with E-state index < -0.39 is 17.5 Å². The summed E-state index contributed by atoms with van der Waals surface area (Å²) in [5.74, 6) is -0.338. The van der Waals surface area contributed by atoms with Crippen molar-refractivity contribution >= 4 is 40.8 Å². The summed E-state index contributed by atoms with van der Waals surface area (Å²) in [6.45, 7) is 17.2. The summed E-state index contributed by atoms with van der Waals surface area (Å²) < 4.78 is 11.0. The summed E-state index contributed by atoms with van der Waals surface area (Å²) in [5, 5.41) is 11.9. The predicted molar refractivity (Wildman–Crippen MR) is 155 cm³/mol. The smallest absolute Gasteiger partial charge is 0.379 e. The number of ether oxygens (including phenoxy) is 2. The first-order chi connectivity index (χ1) is 18.0. The molecule has 0 rings (SSSR count). The van der Waals surface area contributed by atoms with E-state index in [0.29, 0.717) is 63.9 Å². The van der Waals surface area contributed by atoms with E-state index in [2.05, 4.69) is 27.0 Å². The van der Waals surface area contributed by atoms with Crippen molar-refractivity contribution < 1.29 is 34.4 Å². The molecule has 2 atom stereocenters. The molecule has 0 radical (unpaired) electrons. The van der Waals surface area contributed by atoms with Crippen LogP contribution < -0.4 is 27.0 Å². The molecule has 0 aliphatic carbocycles. The Kier molecular flexibility index (Phi) is 17.2. The van der Waals surface area contributed by atoms with E-state index >= 15 is 0 Å². The molecule has 3 amide bonds. The van der Waals surface area contributed by atoms with Gasteiger partial charge < -0.3 is 30.7 Å². The average Bonchev–Trinajstić information content (AvgIpc) is 2.80. The van der Waals surface area contributed by atoms with Crippen LogP contribution in [0.1, 0.15) is 74.7 Å². The van der Waals surface area contributed by atoms with Gasteiger partial charge in [0, 0.05) is 30.3 Å². The van der Waals surface area contributed by atoms with Crippen LogP contribution in [0.15, 0.2) is 0 Å². The number of carbonyl (C=O) groups is 4. The lowest BCUT2D eigenvalue weighted by molar-refractivity contribution is -0.250. The van der Waals surface area contributed by atoms with Gasteiger partial charge in [-0.2, -0.15) is 0 Å². The average molecular weight is 575 g/mol. The molecule has 0 saturated heterocycles. The highest BCUT2D eigenvalue weighted by atomic mass is 32.1. The van der Waals surface area contributed by atoms with Gasteiger partial charge in [0.25, 0.3) is 0 Å². The number of nitrogens with one attached hydrogen (secondary N) is 4. The highest BCUT2D eigenvalue weighted by molar-refractivity contribution is 7.80. The normalized spacial score (nSPS) is 13.4.